The van der Waals surface area contributed by atoms with Gasteiger partial charge in [0.05, 0.1) is 0 Å². The molecule has 0 atom stereocenters. The fourth-order valence-electron chi connectivity index (χ4n) is 1.90. The Bertz CT molecular complexity index is 253. The number of amides is 2. The molecule has 0 aromatic carbocycles. The van der Waals surface area contributed by atoms with Gasteiger partial charge in [-0.1, -0.05) is 0 Å². The Morgan fingerprint density at radius 3 is 2.61 bits per heavy atom. The molecule has 18 heavy (non-hydrogen) atoms. The van der Waals surface area contributed by atoms with Crippen molar-refractivity contribution in [1.82, 2.24) is 15.1 Å². The van der Waals surface area contributed by atoms with Gasteiger partial charge in [-0.15, -0.1) is 0 Å². The first kappa shape index (κ1) is 14.9. The van der Waals surface area contributed by atoms with Crippen molar-refractivity contribution in [3.63, 3.8) is 0 Å². The first-order valence-electron chi connectivity index (χ1n) is 6.44. The number of piperazine rings is 1. The quantitative estimate of drug-likeness (QED) is 0.461. The third kappa shape index (κ3) is 5.46. The van der Waals surface area contributed by atoms with Crippen LogP contribution in [0.1, 0.15) is 12.8 Å². The summed E-state index contributed by atoms with van der Waals surface area (Å²) in [4.78, 5) is 25.9. The molecule has 104 valence electrons. The molecule has 0 saturated carbocycles. The summed E-state index contributed by atoms with van der Waals surface area (Å²) >= 11 is 0. The van der Waals surface area contributed by atoms with Crippen LogP contribution >= 0.6 is 0 Å². The highest BCUT2D eigenvalue weighted by Crippen LogP contribution is 2.01. The Morgan fingerprint density at radius 2 is 2.00 bits per heavy atom. The maximum Gasteiger partial charge on any atom is 0.223 e. The molecule has 1 aliphatic rings. The number of nitrogens with one attached hydrogen (secondary N) is 1. The van der Waals surface area contributed by atoms with Crippen molar-refractivity contribution >= 4 is 12.3 Å². The number of hydrogen-bond donors (Lipinski definition) is 1. The number of rotatable bonds is 8. The molecule has 0 aromatic rings. The first-order valence-corrected chi connectivity index (χ1v) is 6.44. The minimum Gasteiger partial charge on any atom is -0.385 e. The Morgan fingerprint density at radius 1 is 1.28 bits per heavy atom. The van der Waals surface area contributed by atoms with Crippen molar-refractivity contribution in [2.45, 2.75) is 12.8 Å². The van der Waals surface area contributed by atoms with E-state index in [0.717, 1.165) is 26.0 Å². The highest BCUT2D eigenvalue weighted by atomic mass is 16.5. The van der Waals surface area contributed by atoms with E-state index in [9.17, 15) is 9.59 Å². The lowest BCUT2D eigenvalue weighted by molar-refractivity contribution is -0.135. The normalized spacial score (nSPS) is 15.8. The van der Waals surface area contributed by atoms with Crippen molar-refractivity contribution in [3.8, 4) is 0 Å². The molecule has 1 saturated heterocycles. The second-order valence-electron chi connectivity index (χ2n) is 4.37. The molecule has 1 N–H and O–H groups in total. The molecule has 1 fully saturated rings. The van der Waals surface area contributed by atoms with Crippen LogP contribution in [-0.2, 0) is 14.3 Å². The zero-order valence-electron chi connectivity index (χ0n) is 11.1. The fourth-order valence-corrected chi connectivity index (χ4v) is 1.90. The van der Waals surface area contributed by atoms with Gasteiger partial charge < -0.3 is 19.9 Å². The van der Waals surface area contributed by atoms with E-state index in [1.54, 1.807) is 12.0 Å². The van der Waals surface area contributed by atoms with Crippen LogP contribution in [0.15, 0.2) is 0 Å². The SMILES string of the molecule is COCCCNCCC(=O)N1CCN(C=O)CC1. The Labute approximate surface area is 108 Å². The van der Waals surface area contributed by atoms with Crippen LogP contribution in [0.5, 0.6) is 0 Å². The predicted molar refractivity (Wildman–Crippen MR) is 68.2 cm³/mol. The molecule has 6 nitrogen and oxygen atoms in total. The van der Waals surface area contributed by atoms with Crippen molar-refractivity contribution in [2.24, 2.45) is 0 Å². The third-order valence-electron chi connectivity index (χ3n) is 3.03. The molecular formula is C12H23N3O3. The molecule has 0 bridgehead atoms. The van der Waals surface area contributed by atoms with E-state index >= 15 is 0 Å². The van der Waals surface area contributed by atoms with Gasteiger partial charge in [0, 0.05) is 52.9 Å². The summed E-state index contributed by atoms with van der Waals surface area (Å²) in [6, 6.07) is 0. The molecule has 0 unspecified atom stereocenters. The lowest BCUT2D eigenvalue weighted by Gasteiger charge is -2.32. The number of hydrogen-bond acceptors (Lipinski definition) is 4. The van der Waals surface area contributed by atoms with Gasteiger partial charge in [0.15, 0.2) is 0 Å². The average molecular weight is 257 g/mol. The number of nitrogens with zero attached hydrogens (tertiary/aromatic N) is 2. The minimum atomic E-state index is 0.166. The molecule has 0 radical (unpaired) electrons. The van der Waals surface area contributed by atoms with Crippen LogP contribution in [0, 0.1) is 0 Å². The fraction of sp³-hybridized carbons (Fsp3) is 0.833. The van der Waals surface area contributed by atoms with Crippen LogP contribution in [0.25, 0.3) is 0 Å². The molecule has 2 amide bonds. The highest BCUT2D eigenvalue weighted by Gasteiger charge is 2.19. The number of methoxy groups -OCH3 is 1. The topological polar surface area (TPSA) is 61.9 Å². The summed E-state index contributed by atoms with van der Waals surface area (Å²) in [6.07, 6.45) is 2.33. The van der Waals surface area contributed by atoms with Gasteiger partial charge in [0.2, 0.25) is 12.3 Å². The zero-order chi connectivity index (χ0) is 13.2. The summed E-state index contributed by atoms with van der Waals surface area (Å²) in [5.74, 6) is 0.166. The minimum absolute atomic E-state index is 0.166. The predicted octanol–water partition coefficient (Wildman–Crippen LogP) is -0.697. The van der Waals surface area contributed by atoms with Crippen molar-refractivity contribution < 1.29 is 14.3 Å². The molecular weight excluding hydrogens is 234 g/mol. The number of ether oxygens (including phenoxy) is 1. The van der Waals surface area contributed by atoms with E-state index in [1.807, 2.05) is 4.90 Å². The number of carbonyl (C=O) groups excluding carboxylic acids is 2. The first-order chi connectivity index (χ1) is 8.77. The average Bonchev–Trinajstić information content (AvgIpc) is 2.42. The van der Waals surface area contributed by atoms with Crippen molar-refractivity contribution in [3.05, 3.63) is 0 Å². The van der Waals surface area contributed by atoms with Crippen LogP contribution in [0.4, 0.5) is 0 Å². The Balaban J connectivity index is 2.05. The smallest absolute Gasteiger partial charge is 0.223 e. The van der Waals surface area contributed by atoms with Crippen LogP contribution in [0.3, 0.4) is 0 Å². The van der Waals surface area contributed by atoms with E-state index in [2.05, 4.69) is 5.32 Å². The monoisotopic (exact) mass is 257 g/mol. The largest absolute Gasteiger partial charge is 0.385 e. The van der Waals surface area contributed by atoms with Crippen LogP contribution < -0.4 is 5.32 Å². The van der Waals surface area contributed by atoms with Gasteiger partial charge in [-0.2, -0.15) is 0 Å². The van der Waals surface area contributed by atoms with E-state index in [4.69, 9.17) is 4.74 Å². The lowest BCUT2D eigenvalue weighted by Crippen LogP contribution is -2.48. The van der Waals surface area contributed by atoms with E-state index in [-0.39, 0.29) is 5.91 Å². The summed E-state index contributed by atoms with van der Waals surface area (Å²) in [7, 11) is 1.68. The van der Waals surface area contributed by atoms with Gasteiger partial charge in [-0.05, 0) is 13.0 Å². The summed E-state index contributed by atoms with van der Waals surface area (Å²) in [6.45, 7) is 4.93. The van der Waals surface area contributed by atoms with Gasteiger partial charge in [-0.3, -0.25) is 9.59 Å². The summed E-state index contributed by atoms with van der Waals surface area (Å²) in [5, 5.41) is 3.22. The number of carbonyl (C=O) groups is 2. The molecule has 1 heterocycles. The Kier molecular flexibility index (Phi) is 7.36. The van der Waals surface area contributed by atoms with Gasteiger partial charge >= 0.3 is 0 Å². The van der Waals surface area contributed by atoms with E-state index in [1.165, 1.54) is 0 Å². The second-order valence-corrected chi connectivity index (χ2v) is 4.37. The van der Waals surface area contributed by atoms with Gasteiger partial charge in [0.25, 0.3) is 0 Å². The lowest BCUT2D eigenvalue weighted by atomic mass is 10.3. The summed E-state index contributed by atoms with van der Waals surface area (Å²) < 4.78 is 4.94. The highest BCUT2D eigenvalue weighted by molar-refractivity contribution is 5.76. The van der Waals surface area contributed by atoms with E-state index in [0.29, 0.717) is 39.1 Å². The van der Waals surface area contributed by atoms with Crippen molar-refractivity contribution in [1.29, 1.82) is 0 Å². The van der Waals surface area contributed by atoms with Gasteiger partial charge in [-0.25, -0.2) is 0 Å². The molecule has 0 aromatic heterocycles. The van der Waals surface area contributed by atoms with Crippen LogP contribution in [-0.4, -0.2) is 75.1 Å². The van der Waals surface area contributed by atoms with Gasteiger partial charge in [0.1, 0.15) is 0 Å². The zero-order valence-corrected chi connectivity index (χ0v) is 11.1. The maximum atomic E-state index is 11.8. The second kappa shape index (κ2) is 8.88. The molecule has 6 heteroatoms. The molecule has 0 spiro atoms. The standard InChI is InChI=1S/C12H23N3O3/c1-18-10-2-4-13-5-3-12(17)15-8-6-14(11-16)7-9-15/h11,13H,2-10H2,1H3. The van der Waals surface area contributed by atoms with Crippen molar-refractivity contribution in [2.75, 3.05) is 53.0 Å². The molecule has 0 aliphatic carbocycles. The van der Waals surface area contributed by atoms with E-state index < -0.39 is 0 Å². The molecule has 1 aliphatic heterocycles. The third-order valence-corrected chi connectivity index (χ3v) is 3.03. The Hall–Kier alpha value is -1.14. The summed E-state index contributed by atoms with van der Waals surface area (Å²) in [5.41, 5.74) is 0. The van der Waals surface area contributed by atoms with Crippen LogP contribution in [0.2, 0.25) is 0 Å². The molecule has 1 rings (SSSR count). The maximum absolute atomic E-state index is 11.8.